The van der Waals surface area contributed by atoms with Crippen LogP contribution in [0.2, 0.25) is 0 Å². The molecule has 3 unspecified atom stereocenters. The fraction of sp³-hybridized carbons (Fsp3) is 0.400. The maximum atomic E-state index is 13.1. The van der Waals surface area contributed by atoms with Crippen LogP contribution in [0.3, 0.4) is 0 Å². The van der Waals surface area contributed by atoms with Crippen LogP contribution in [-0.2, 0) is 9.59 Å². The van der Waals surface area contributed by atoms with Gasteiger partial charge in [-0.1, -0.05) is 55.0 Å². The summed E-state index contributed by atoms with van der Waals surface area (Å²) < 4.78 is 0. The molecule has 1 heterocycles. The fourth-order valence-corrected chi connectivity index (χ4v) is 5.61. The molecule has 0 amide bonds. The van der Waals surface area contributed by atoms with Gasteiger partial charge in [0.1, 0.15) is 11.8 Å². The van der Waals surface area contributed by atoms with Gasteiger partial charge < -0.3 is 20.5 Å². The monoisotopic (exact) mass is 420 g/mol. The minimum atomic E-state index is -1.44. The summed E-state index contributed by atoms with van der Waals surface area (Å²) in [6.07, 6.45) is 3.41. The van der Waals surface area contributed by atoms with Crippen molar-refractivity contribution in [1.29, 1.82) is 0 Å². The molecule has 0 saturated heterocycles. The van der Waals surface area contributed by atoms with E-state index in [1.807, 2.05) is 24.3 Å². The van der Waals surface area contributed by atoms with Crippen molar-refractivity contribution < 1.29 is 19.5 Å². The van der Waals surface area contributed by atoms with Crippen LogP contribution in [0.15, 0.2) is 54.6 Å². The second-order valence-corrected chi connectivity index (χ2v) is 8.61. The van der Waals surface area contributed by atoms with Gasteiger partial charge in [-0.15, -0.1) is 0 Å². The lowest BCUT2D eigenvalue weighted by atomic mass is 9.64. The number of hydrogen-bond donors (Lipinski definition) is 3. The quantitative estimate of drug-likeness (QED) is 0.344. The molecular weight excluding hydrogens is 392 g/mol. The fourth-order valence-electron chi connectivity index (χ4n) is 5.61. The predicted octanol–water partition coefficient (Wildman–Crippen LogP) is 3.50. The van der Waals surface area contributed by atoms with E-state index in [9.17, 15) is 19.5 Å². The van der Waals surface area contributed by atoms with E-state index in [0.717, 1.165) is 30.5 Å². The van der Waals surface area contributed by atoms with Crippen molar-refractivity contribution in [3.63, 3.8) is 0 Å². The van der Waals surface area contributed by atoms with Crippen molar-refractivity contribution in [2.45, 2.75) is 43.2 Å². The summed E-state index contributed by atoms with van der Waals surface area (Å²) in [4.78, 5) is 38.0. The van der Waals surface area contributed by atoms with Crippen LogP contribution in [0.25, 0.3) is 0 Å². The number of fused-ring (bicyclic) bond motifs is 2. The van der Waals surface area contributed by atoms with Gasteiger partial charge in [-0.05, 0) is 43.9 Å². The number of aliphatic carboxylic acids is 1. The molecule has 2 aromatic rings. The van der Waals surface area contributed by atoms with Gasteiger partial charge in [0.05, 0.1) is 5.92 Å². The van der Waals surface area contributed by atoms with E-state index >= 15 is 0 Å². The summed E-state index contributed by atoms with van der Waals surface area (Å²) >= 11 is 0. The number of nitrogens with one attached hydrogen (secondary N) is 2. The van der Waals surface area contributed by atoms with Gasteiger partial charge in [0.25, 0.3) is 0 Å². The molecule has 6 heteroatoms. The molecule has 31 heavy (non-hydrogen) atoms. The van der Waals surface area contributed by atoms with Crippen LogP contribution in [0.4, 0.5) is 5.69 Å². The number of carbonyl (C=O) groups excluding carboxylic acids is 2. The van der Waals surface area contributed by atoms with Crippen LogP contribution < -0.4 is 10.6 Å². The summed E-state index contributed by atoms with van der Waals surface area (Å²) in [5, 5.41) is 17.2. The second-order valence-electron chi connectivity index (χ2n) is 8.61. The zero-order valence-corrected chi connectivity index (χ0v) is 17.6. The number of anilines is 1. The average Bonchev–Trinajstić information content (AvgIpc) is 3.27. The van der Waals surface area contributed by atoms with Crippen LogP contribution in [-0.4, -0.2) is 41.8 Å². The number of carboxylic acid groups (broad SMARTS) is 1. The van der Waals surface area contributed by atoms with Crippen LogP contribution >= 0.6 is 0 Å². The average molecular weight is 421 g/mol. The molecule has 2 aliphatic rings. The highest BCUT2D eigenvalue weighted by atomic mass is 16.4. The van der Waals surface area contributed by atoms with E-state index < -0.39 is 17.4 Å². The minimum absolute atomic E-state index is 0.0989. The SMILES string of the molecule is CNC(CC(C=O)C(=O)c1ccccc1)(C(=O)O)C1c2ccccc2N[C@@H]2CCC[C@H]12. The topological polar surface area (TPSA) is 95.5 Å². The number of hydrogen-bond acceptors (Lipinski definition) is 5. The summed E-state index contributed by atoms with van der Waals surface area (Å²) in [7, 11) is 1.62. The van der Waals surface area contributed by atoms with E-state index in [4.69, 9.17) is 0 Å². The number of carbonyl (C=O) groups is 3. The standard InChI is InChI=1S/C25H28N2O4/c1-26-25(24(30)31,14-17(15-28)23(29)16-8-3-2-4-9-16)22-18-10-5-6-12-20(18)27-21-13-7-11-19(21)22/h2-6,8-10,12,15,17,19,21-22,26-27H,7,11,13-14H2,1H3,(H,30,31)/t17?,19-,21+,22?,25?/m0/s1. The Morgan fingerprint density at radius 3 is 2.55 bits per heavy atom. The number of aldehydes is 1. The summed E-state index contributed by atoms with van der Waals surface area (Å²) in [6.45, 7) is 0. The van der Waals surface area contributed by atoms with Gasteiger partial charge in [0.15, 0.2) is 5.78 Å². The van der Waals surface area contributed by atoms with Gasteiger partial charge in [-0.25, -0.2) is 0 Å². The summed E-state index contributed by atoms with van der Waals surface area (Å²) in [6, 6.07) is 16.6. The molecule has 1 saturated carbocycles. The second kappa shape index (κ2) is 8.63. The largest absolute Gasteiger partial charge is 0.480 e. The van der Waals surface area contributed by atoms with E-state index in [-0.39, 0.29) is 30.1 Å². The Kier molecular flexibility index (Phi) is 5.92. The Bertz CT molecular complexity index is 976. The van der Waals surface area contributed by atoms with Gasteiger partial charge >= 0.3 is 5.97 Å². The molecular formula is C25H28N2O4. The lowest BCUT2D eigenvalue weighted by Crippen LogP contribution is -2.60. The molecule has 0 bridgehead atoms. The zero-order valence-electron chi connectivity index (χ0n) is 17.6. The lowest BCUT2D eigenvalue weighted by Gasteiger charge is -2.47. The van der Waals surface area contributed by atoms with Gasteiger partial charge in [0.2, 0.25) is 0 Å². The zero-order chi connectivity index (χ0) is 22.0. The highest BCUT2D eigenvalue weighted by Gasteiger charge is 2.55. The Hall–Kier alpha value is -2.99. The first-order valence-electron chi connectivity index (χ1n) is 10.8. The first-order chi connectivity index (χ1) is 15.0. The molecule has 3 N–H and O–H groups in total. The van der Waals surface area contributed by atoms with Gasteiger partial charge in [-0.2, -0.15) is 0 Å². The molecule has 1 aliphatic heterocycles. The molecule has 0 radical (unpaired) electrons. The van der Waals surface area contributed by atoms with Crippen LogP contribution in [0.1, 0.15) is 47.5 Å². The third-order valence-electron chi connectivity index (χ3n) is 7.09. The predicted molar refractivity (Wildman–Crippen MR) is 118 cm³/mol. The minimum Gasteiger partial charge on any atom is -0.480 e. The van der Waals surface area contributed by atoms with Crippen molar-refractivity contribution in [2.75, 3.05) is 12.4 Å². The smallest absolute Gasteiger partial charge is 0.324 e. The maximum absolute atomic E-state index is 13.1. The normalized spacial score (nSPS) is 24.7. The van der Waals surface area contributed by atoms with Crippen molar-refractivity contribution in [1.82, 2.24) is 5.32 Å². The molecule has 162 valence electrons. The Morgan fingerprint density at radius 2 is 1.87 bits per heavy atom. The Labute approximate surface area is 182 Å². The molecule has 2 aromatic carbocycles. The Morgan fingerprint density at radius 1 is 1.16 bits per heavy atom. The lowest BCUT2D eigenvalue weighted by molar-refractivity contribution is -0.147. The molecule has 0 aromatic heterocycles. The molecule has 1 aliphatic carbocycles. The highest BCUT2D eigenvalue weighted by molar-refractivity contribution is 6.05. The van der Waals surface area contributed by atoms with E-state index in [0.29, 0.717) is 11.8 Å². The van der Waals surface area contributed by atoms with Crippen molar-refractivity contribution in [3.8, 4) is 0 Å². The number of para-hydroxylation sites is 1. The Balaban J connectivity index is 1.78. The number of likely N-dealkylation sites (N-methyl/N-ethyl adjacent to an activating group) is 1. The molecule has 6 nitrogen and oxygen atoms in total. The molecule has 4 rings (SSSR count). The van der Waals surface area contributed by atoms with E-state index in [2.05, 4.69) is 10.6 Å². The maximum Gasteiger partial charge on any atom is 0.324 e. The number of carboxylic acids is 1. The van der Waals surface area contributed by atoms with Crippen molar-refractivity contribution >= 4 is 23.7 Å². The van der Waals surface area contributed by atoms with E-state index in [1.165, 1.54) is 0 Å². The molecule has 0 spiro atoms. The number of ketones is 1. The third-order valence-corrected chi connectivity index (χ3v) is 7.09. The van der Waals surface area contributed by atoms with E-state index in [1.54, 1.807) is 37.4 Å². The summed E-state index contributed by atoms with van der Waals surface area (Å²) in [5.74, 6) is -2.67. The first kappa shape index (κ1) is 21.2. The van der Waals surface area contributed by atoms with Crippen LogP contribution in [0.5, 0.6) is 0 Å². The van der Waals surface area contributed by atoms with Gasteiger partial charge in [-0.3, -0.25) is 9.59 Å². The van der Waals surface area contributed by atoms with Gasteiger partial charge in [0, 0.05) is 23.2 Å². The van der Waals surface area contributed by atoms with Crippen molar-refractivity contribution in [2.24, 2.45) is 11.8 Å². The number of benzene rings is 2. The first-order valence-corrected chi connectivity index (χ1v) is 10.8. The number of Topliss-reactive ketones (excluding diaryl/α,β-unsaturated/α-hetero) is 1. The molecule has 5 atom stereocenters. The number of rotatable bonds is 8. The molecule has 1 fully saturated rings. The van der Waals surface area contributed by atoms with Crippen molar-refractivity contribution in [3.05, 3.63) is 65.7 Å². The highest BCUT2D eigenvalue weighted by Crippen LogP contribution is 2.51. The third kappa shape index (κ3) is 3.65. The summed E-state index contributed by atoms with van der Waals surface area (Å²) in [5.41, 5.74) is 0.841. The van der Waals surface area contributed by atoms with Crippen LogP contribution in [0, 0.1) is 11.8 Å².